The molecule has 0 aliphatic carbocycles. The zero-order valence-corrected chi connectivity index (χ0v) is 33.5. The van der Waals surface area contributed by atoms with Crippen LogP contribution in [0, 0.1) is 11.6 Å². The summed E-state index contributed by atoms with van der Waals surface area (Å²) in [6, 6.07) is 24.1. The molecule has 2 aromatic heterocycles. The molecule has 21 heteroatoms. The normalized spacial score (nSPS) is 10.8. The Morgan fingerprint density at radius 3 is 1.53 bits per heavy atom. The number of hydrogen-bond acceptors (Lipinski definition) is 10. The van der Waals surface area contributed by atoms with Crippen LogP contribution in [-0.2, 0) is 40.6 Å². The van der Waals surface area contributed by atoms with Gasteiger partial charge in [-0.2, -0.15) is 8.42 Å². The van der Waals surface area contributed by atoms with Gasteiger partial charge in [-0.1, -0.05) is 83.9 Å². The number of aromatic nitrogens is 6. The van der Waals surface area contributed by atoms with Gasteiger partial charge >= 0.3 is 0 Å². The third-order valence-electron chi connectivity index (χ3n) is 7.15. The van der Waals surface area contributed by atoms with Crippen molar-refractivity contribution >= 4 is 79.7 Å². The number of hydrogen-bond donors (Lipinski definition) is 3. The van der Waals surface area contributed by atoms with Crippen LogP contribution in [-0.4, -0.2) is 66.5 Å². The lowest BCUT2D eigenvalue weighted by Gasteiger charge is -2.09. The summed E-state index contributed by atoms with van der Waals surface area (Å²) in [7, 11) is -3.69. The Balaban J connectivity index is 0.000000239. The summed E-state index contributed by atoms with van der Waals surface area (Å²) in [5.41, 5.74) is 2.24. The Hall–Kier alpha value is -5.01. The van der Waals surface area contributed by atoms with E-state index in [2.05, 4.69) is 35.0 Å². The van der Waals surface area contributed by atoms with Gasteiger partial charge in [-0.25, -0.2) is 28.1 Å². The second-order valence-electron chi connectivity index (χ2n) is 11.5. The van der Waals surface area contributed by atoms with Crippen LogP contribution in [0.3, 0.4) is 0 Å². The molecular weight excluding hydrogens is 852 g/mol. The second kappa shape index (κ2) is 21.5. The summed E-state index contributed by atoms with van der Waals surface area (Å²) in [6.07, 6.45) is 3.70. The zero-order chi connectivity index (χ0) is 41.5. The first-order valence-corrected chi connectivity index (χ1v) is 19.9. The van der Waals surface area contributed by atoms with Crippen LogP contribution in [0.5, 0.6) is 0 Å². The Bertz CT molecular complexity index is 2390. The number of aliphatic hydroxyl groups excluding tert-OH is 1. The zero-order valence-electron chi connectivity index (χ0n) is 29.6. The van der Waals surface area contributed by atoms with Crippen LogP contribution in [0.4, 0.5) is 20.2 Å². The molecule has 300 valence electrons. The number of aliphatic hydroxyl groups is 1. The first-order chi connectivity index (χ1) is 27.2. The highest BCUT2D eigenvalue weighted by atomic mass is 35.5. The van der Waals surface area contributed by atoms with Gasteiger partial charge in [-0.05, 0) is 46.5 Å². The lowest BCUT2D eigenvalue weighted by molar-refractivity contribution is 0.100. The molecule has 0 atom stereocenters. The van der Waals surface area contributed by atoms with Gasteiger partial charge in [-0.15, -0.1) is 33.4 Å². The maximum atomic E-state index is 14.3. The molecule has 0 radical (unpaired) electrons. The molecule has 57 heavy (non-hydrogen) atoms. The molecule has 3 N–H and O–H groups in total. The van der Waals surface area contributed by atoms with E-state index in [1.165, 1.54) is 46.3 Å². The van der Waals surface area contributed by atoms with E-state index >= 15 is 0 Å². The van der Waals surface area contributed by atoms with Crippen LogP contribution in [0.1, 0.15) is 43.5 Å². The van der Waals surface area contributed by atoms with Crippen LogP contribution >= 0.6 is 46.4 Å². The fourth-order valence-corrected chi connectivity index (χ4v) is 5.50. The lowest BCUT2D eigenvalue weighted by Crippen LogP contribution is -2.16. The van der Waals surface area contributed by atoms with E-state index in [1.807, 2.05) is 60.7 Å². The summed E-state index contributed by atoms with van der Waals surface area (Å²) in [5, 5.41) is 21.7. The molecule has 0 saturated heterocycles. The predicted octanol–water partition coefficient (Wildman–Crippen LogP) is 7.13. The number of carbonyl (C=O) groups is 2. The van der Waals surface area contributed by atoms with Crippen molar-refractivity contribution in [1.29, 1.82) is 0 Å². The topological polar surface area (TPSA) is 183 Å². The Labute approximate surface area is 345 Å². The summed E-state index contributed by atoms with van der Waals surface area (Å²) in [6.45, 7) is 0.194. The van der Waals surface area contributed by atoms with Crippen molar-refractivity contribution in [1.82, 2.24) is 29.5 Å². The van der Waals surface area contributed by atoms with Gasteiger partial charge in [-0.3, -0.25) is 13.8 Å². The second-order valence-corrected chi connectivity index (χ2v) is 14.8. The highest BCUT2D eigenvalue weighted by molar-refractivity contribution is 7.85. The first-order valence-electron chi connectivity index (χ1n) is 16.2. The van der Waals surface area contributed by atoms with Crippen molar-refractivity contribution in [3.8, 4) is 0 Å². The number of nitrogens with zero attached hydrogens (tertiary/aromatic N) is 6. The van der Waals surface area contributed by atoms with E-state index < -0.39 is 33.6 Å². The van der Waals surface area contributed by atoms with Gasteiger partial charge in [0, 0.05) is 0 Å². The highest BCUT2D eigenvalue weighted by Crippen LogP contribution is 2.27. The molecule has 0 saturated carbocycles. The number of halogens is 6. The average Bonchev–Trinajstić information content (AvgIpc) is 3.86. The Kier molecular flexibility index (Phi) is 16.9. The van der Waals surface area contributed by atoms with E-state index in [4.69, 9.17) is 51.5 Å². The van der Waals surface area contributed by atoms with E-state index in [1.54, 1.807) is 0 Å². The third kappa shape index (κ3) is 14.2. The maximum absolute atomic E-state index is 14.3. The van der Waals surface area contributed by atoms with Gasteiger partial charge < -0.3 is 15.7 Å². The summed E-state index contributed by atoms with van der Waals surface area (Å²) < 4.78 is 58.2. The largest absolute Gasteiger partial charge is 0.392 e. The van der Waals surface area contributed by atoms with E-state index in [0.29, 0.717) is 18.7 Å². The minimum atomic E-state index is -3.69. The summed E-state index contributed by atoms with van der Waals surface area (Å²) in [4.78, 5) is 32.5. The third-order valence-corrected chi connectivity index (χ3v) is 8.24. The highest BCUT2D eigenvalue weighted by Gasteiger charge is 2.19. The summed E-state index contributed by atoms with van der Waals surface area (Å²) >= 11 is 21.1. The standard InChI is InChI=1S/C18H16ClFN4O4S.C17H14ClFN4O2.CH2Cl2/c1-29(26,27)28-10-13-7-14(19)16(20)15(8-13)22-18(25)17-21-11-24(23-17)9-12-5-3-2-4-6-12;18-13-6-12(9-24)7-14(15(13)19)21-17(25)16-20-10-23(22-16)8-11-4-2-1-3-5-11;2-1-3/h2-8,11H,9-10H2,1H3,(H,22,25);1-7,10,24H,8-9H2,(H,21,25);1H2. The van der Waals surface area contributed by atoms with Crippen molar-refractivity contribution in [2.45, 2.75) is 26.3 Å². The molecule has 0 aliphatic heterocycles. The molecule has 0 unspecified atom stereocenters. The van der Waals surface area contributed by atoms with Crippen LogP contribution < -0.4 is 10.6 Å². The number of amides is 2. The quantitative estimate of drug-likeness (QED) is 0.0845. The van der Waals surface area contributed by atoms with Crippen molar-refractivity contribution in [2.24, 2.45) is 0 Å². The Morgan fingerprint density at radius 2 is 1.12 bits per heavy atom. The molecule has 6 rings (SSSR count). The molecular formula is C36H32Cl4F2N8O6S. The molecule has 4 aromatic carbocycles. The molecule has 2 amide bonds. The number of anilines is 2. The summed E-state index contributed by atoms with van der Waals surface area (Å²) in [5.74, 6) is -3.32. The molecule has 0 spiro atoms. The van der Waals surface area contributed by atoms with Crippen molar-refractivity contribution in [3.63, 3.8) is 0 Å². The van der Waals surface area contributed by atoms with E-state index in [-0.39, 0.29) is 57.2 Å². The molecule has 6 aromatic rings. The van der Waals surface area contributed by atoms with Gasteiger partial charge in [0.25, 0.3) is 21.9 Å². The lowest BCUT2D eigenvalue weighted by atomic mass is 10.2. The van der Waals surface area contributed by atoms with E-state index in [9.17, 15) is 26.8 Å². The van der Waals surface area contributed by atoms with Crippen LogP contribution in [0.15, 0.2) is 97.6 Å². The fourth-order valence-electron chi connectivity index (χ4n) is 4.67. The SMILES string of the molecule is CS(=O)(=O)OCc1cc(Cl)c(F)c(NC(=O)c2ncn(Cc3ccccc3)n2)c1.ClCCl.O=C(Nc1cc(CO)cc(Cl)c1F)c1ncn(Cc2ccccc2)n1. The van der Waals surface area contributed by atoms with Gasteiger partial charge in [0.2, 0.25) is 11.6 Å². The average molecular weight is 885 g/mol. The number of carbonyl (C=O) groups excluding carboxylic acids is 2. The molecule has 0 bridgehead atoms. The minimum absolute atomic E-state index is 0.0964. The predicted molar refractivity (Wildman–Crippen MR) is 212 cm³/mol. The van der Waals surface area contributed by atoms with Gasteiger partial charge in [0.1, 0.15) is 12.7 Å². The van der Waals surface area contributed by atoms with Crippen molar-refractivity contribution in [3.05, 3.63) is 153 Å². The number of rotatable bonds is 12. The Morgan fingerprint density at radius 1 is 0.719 bits per heavy atom. The van der Waals surface area contributed by atoms with Crippen LogP contribution in [0.2, 0.25) is 10.0 Å². The van der Waals surface area contributed by atoms with E-state index in [0.717, 1.165) is 17.4 Å². The molecule has 2 heterocycles. The number of nitrogens with one attached hydrogen (secondary N) is 2. The molecule has 0 fully saturated rings. The molecule has 0 aliphatic rings. The van der Waals surface area contributed by atoms with Crippen molar-refractivity contribution < 1.29 is 36.1 Å². The monoisotopic (exact) mass is 882 g/mol. The number of alkyl halides is 2. The van der Waals surface area contributed by atoms with Crippen molar-refractivity contribution in [2.75, 3.05) is 22.2 Å². The fraction of sp³-hybridized carbons (Fsp3) is 0.167. The number of benzene rings is 4. The molecule has 14 nitrogen and oxygen atoms in total. The minimum Gasteiger partial charge on any atom is -0.392 e. The van der Waals surface area contributed by atoms with Gasteiger partial charge in [0.05, 0.1) is 59.3 Å². The first kappa shape index (κ1) is 44.7. The smallest absolute Gasteiger partial charge is 0.295 e. The maximum Gasteiger partial charge on any atom is 0.295 e. The van der Waals surface area contributed by atoms with Crippen LogP contribution in [0.25, 0.3) is 0 Å². The van der Waals surface area contributed by atoms with Gasteiger partial charge in [0.15, 0.2) is 11.6 Å².